The van der Waals surface area contributed by atoms with Crippen LogP contribution >= 0.6 is 11.3 Å². The van der Waals surface area contributed by atoms with Gasteiger partial charge in [-0.3, -0.25) is 9.59 Å². The van der Waals surface area contributed by atoms with Gasteiger partial charge < -0.3 is 15.3 Å². The van der Waals surface area contributed by atoms with E-state index < -0.39 is 5.97 Å². The number of amides is 1. The number of aromatic nitrogens is 1. The molecular weight excluding hydrogens is 422 g/mol. The van der Waals surface area contributed by atoms with Crippen LogP contribution < -0.4 is 10.2 Å². The molecule has 0 atom stereocenters. The number of nitrogens with one attached hydrogen (secondary N) is 1. The van der Waals surface area contributed by atoms with E-state index >= 15 is 0 Å². The van der Waals surface area contributed by atoms with Gasteiger partial charge in [-0.25, -0.2) is 4.98 Å². The van der Waals surface area contributed by atoms with Gasteiger partial charge in [-0.1, -0.05) is 55.3 Å². The van der Waals surface area contributed by atoms with Crippen LogP contribution in [0.1, 0.15) is 47.7 Å². The average Bonchev–Trinajstić information content (AvgIpc) is 3.27. The van der Waals surface area contributed by atoms with Gasteiger partial charge in [0.15, 0.2) is 5.13 Å². The molecular formula is C25H29N3O3S. The van der Waals surface area contributed by atoms with Crippen molar-refractivity contribution >= 4 is 28.3 Å². The van der Waals surface area contributed by atoms with E-state index in [4.69, 9.17) is 10.1 Å². The molecule has 1 amide bonds. The van der Waals surface area contributed by atoms with Gasteiger partial charge in [0.25, 0.3) is 5.91 Å². The Morgan fingerprint density at radius 1 is 1.09 bits per heavy atom. The molecule has 0 aliphatic rings. The number of thiazole rings is 1. The Labute approximate surface area is 192 Å². The van der Waals surface area contributed by atoms with Crippen LogP contribution in [-0.4, -0.2) is 35.1 Å². The number of aliphatic carboxylic acids is 1. The molecule has 3 aromatic rings. The molecule has 7 heteroatoms. The lowest BCUT2D eigenvalue weighted by Gasteiger charge is -2.22. The summed E-state index contributed by atoms with van der Waals surface area (Å²) in [6, 6.07) is 15.9. The van der Waals surface area contributed by atoms with Crippen molar-refractivity contribution in [2.75, 3.05) is 18.0 Å². The highest BCUT2D eigenvalue weighted by Gasteiger charge is 2.14. The van der Waals surface area contributed by atoms with Crippen molar-refractivity contribution in [2.24, 2.45) is 0 Å². The largest absolute Gasteiger partial charge is 0.481 e. The highest BCUT2D eigenvalue weighted by Crippen LogP contribution is 2.29. The Balaban J connectivity index is 1.68. The zero-order valence-corrected chi connectivity index (χ0v) is 19.3. The molecule has 0 fully saturated rings. The van der Waals surface area contributed by atoms with Gasteiger partial charge in [-0.2, -0.15) is 0 Å². The fraction of sp³-hybridized carbons (Fsp3) is 0.320. The Bertz CT molecular complexity index is 1030. The number of nitrogens with zero attached hydrogens (tertiary/aromatic N) is 2. The third-order valence-corrected chi connectivity index (χ3v) is 6.01. The average molecular weight is 452 g/mol. The molecule has 0 aliphatic heterocycles. The summed E-state index contributed by atoms with van der Waals surface area (Å²) in [5, 5.41) is 14.4. The third kappa shape index (κ3) is 6.65. The summed E-state index contributed by atoms with van der Waals surface area (Å²) in [5.41, 5.74) is 4.95. The van der Waals surface area contributed by atoms with Gasteiger partial charge in [-0.15, -0.1) is 11.3 Å². The lowest BCUT2D eigenvalue weighted by molar-refractivity contribution is -0.136. The number of carbonyl (C=O) groups is 2. The van der Waals surface area contributed by atoms with Gasteiger partial charge in [0.2, 0.25) is 0 Å². The summed E-state index contributed by atoms with van der Waals surface area (Å²) >= 11 is 1.65. The van der Waals surface area contributed by atoms with E-state index in [-0.39, 0.29) is 18.9 Å². The second-order valence-electron chi connectivity index (χ2n) is 7.75. The number of carbonyl (C=O) groups excluding carboxylic acids is 1. The SMILES string of the molecule is CCCCN(Cc1ccc(C(=O)NCCC(=O)O)cc1)c1nc(-c2ccc(C)cc2)cs1. The van der Waals surface area contributed by atoms with Crippen molar-refractivity contribution in [3.63, 3.8) is 0 Å². The summed E-state index contributed by atoms with van der Waals surface area (Å²) < 4.78 is 0. The fourth-order valence-electron chi connectivity index (χ4n) is 3.22. The summed E-state index contributed by atoms with van der Waals surface area (Å²) in [5.74, 6) is -1.19. The topological polar surface area (TPSA) is 82.5 Å². The first kappa shape index (κ1) is 23.5. The first-order chi connectivity index (χ1) is 15.5. The molecule has 0 saturated carbocycles. The molecule has 2 aromatic carbocycles. The van der Waals surface area contributed by atoms with Crippen LogP contribution in [0.2, 0.25) is 0 Å². The van der Waals surface area contributed by atoms with Gasteiger partial charge in [0.05, 0.1) is 12.1 Å². The maximum atomic E-state index is 12.2. The summed E-state index contributed by atoms with van der Waals surface area (Å²) in [6.07, 6.45) is 2.08. The first-order valence-corrected chi connectivity index (χ1v) is 11.7. The number of unbranched alkanes of at least 4 members (excludes halogenated alkanes) is 1. The standard InChI is InChI=1S/C25H29N3O3S/c1-3-4-15-28(25-27-22(17-32-25)20-9-5-18(2)6-10-20)16-19-7-11-21(12-8-19)24(31)26-14-13-23(29)30/h5-12,17H,3-4,13-16H2,1-2H3,(H,26,31)(H,29,30). The van der Waals surface area contributed by atoms with Crippen LogP contribution in [0.4, 0.5) is 5.13 Å². The van der Waals surface area contributed by atoms with E-state index in [2.05, 4.69) is 53.7 Å². The smallest absolute Gasteiger partial charge is 0.305 e. The van der Waals surface area contributed by atoms with Crippen molar-refractivity contribution in [3.05, 3.63) is 70.6 Å². The second kappa shape index (κ2) is 11.4. The predicted octanol–water partition coefficient (Wildman–Crippen LogP) is 5.13. The molecule has 168 valence electrons. The predicted molar refractivity (Wildman–Crippen MR) is 129 cm³/mol. The summed E-state index contributed by atoms with van der Waals surface area (Å²) in [4.78, 5) is 29.9. The molecule has 1 heterocycles. The van der Waals surface area contributed by atoms with E-state index in [1.165, 1.54) is 5.56 Å². The van der Waals surface area contributed by atoms with Crippen LogP contribution in [-0.2, 0) is 11.3 Å². The van der Waals surface area contributed by atoms with Gasteiger partial charge in [0, 0.05) is 36.1 Å². The highest BCUT2D eigenvalue weighted by molar-refractivity contribution is 7.14. The number of carboxylic acid groups (broad SMARTS) is 1. The van der Waals surface area contributed by atoms with Crippen molar-refractivity contribution in [3.8, 4) is 11.3 Å². The number of rotatable bonds is 11. The molecule has 6 nitrogen and oxygen atoms in total. The molecule has 1 aromatic heterocycles. The number of aryl methyl sites for hydroxylation is 1. The minimum Gasteiger partial charge on any atom is -0.481 e. The third-order valence-electron chi connectivity index (χ3n) is 5.11. The van der Waals surface area contributed by atoms with E-state index in [1.54, 1.807) is 23.5 Å². The fourth-order valence-corrected chi connectivity index (χ4v) is 4.09. The van der Waals surface area contributed by atoms with Crippen LogP contribution in [0.5, 0.6) is 0 Å². The Morgan fingerprint density at radius 2 is 1.81 bits per heavy atom. The van der Waals surface area contributed by atoms with Crippen molar-refractivity contribution in [1.29, 1.82) is 0 Å². The molecule has 3 rings (SSSR count). The maximum Gasteiger partial charge on any atom is 0.305 e. The molecule has 32 heavy (non-hydrogen) atoms. The highest BCUT2D eigenvalue weighted by atomic mass is 32.1. The number of carboxylic acids is 1. The number of hydrogen-bond acceptors (Lipinski definition) is 5. The quantitative estimate of drug-likeness (QED) is 0.422. The molecule has 0 saturated heterocycles. The Morgan fingerprint density at radius 3 is 2.47 bits per heavy atom. The number of anilines is 1. The van der Waals surface area contributed by atoms with E-state index in [0.29, 0.717) is 12.1 Å². The maximum absolute atomic E-state index is 12.2. The number of benzene rings is 2. The number of hydrogen-bond donors (Lipinski definition) is 2. The Kier molecular flexibility index (Phi) is 8.39. The molecule has 0 aliphatic carbocycles. The van der Waals surface area contributed by atoms with Crippen LogP contribution in [0.15, 0.2) is 53.9 Å². The van der Waals surface area contributed by atoms with Gasteiger partial charge in [0.1, 0.15) is 0 Å². The van der Waals surface area contributed by atoms with Crippen LogP contribution in [0.25, 0.3) is 11.3 Å². The minimum absolute atomic E-state index is 0.0887. The van der Waals surface area contributed by atoms with E-state index in [9.17, 15) is 9.59 Å². The normalized spacial score (nSPS) is 10.7. The minimum atomic E-state index is -0.930. The van der Waals surface area contributed by atoms with Crippen molar-refractivity contribution in [2.45, 2.75) is 39.7 Å². The molecule has 0 unspecified atom stereocenters. The van der Waals surface area contributed by atoms with Gasteiger partial charge >= 0.3 is 5.97 Å². The van der Waals surface area contributed by atoms with E-state index in [1.807, 2.05) is 12.1 Å². The molecule has 0 bridgehead atoms. The zero-order valence-electron chi connectivity index (χ0n) is 18.5. The molecule has 0 radical (unpaired) electrons. The van der Waals surface area contributed by atoms with E-state index in [0.717, 1.165) is 41.3 Å². The molecule has 0 spiro atoms. The van der Waals surface area contributed by atoms with Crippen LogP contribution in [0.3, 0.4) is 0 Å². The summed E-state index contributed by atoms with van der Waals surface area (Å²) in [7, 11) is 0. The van der Waals surface area contributed by atoms with Crippen molar-refractivity contribution in [1.82, 2.24) is 10.3 Å². The van der Waals surface area contributed by atoms with Crippen molar-refractivity contribution < 1.29 is 14.7 Å². The monoisotopic (exact) mass is 451 g/mol. The van der Waals surface area contributed by atoms with Crippen LogP contribution in [0, 0.1) is 6.92 Å². The molecule has 2 N–H and O–H groups in total. The van der Waals surface area contributed by atoms with Gasteiger partial charge in [-0.05, 0) is 31.0 Å². The first-order valence-electron chi connectivity index (χ1n) is 10.8. The lowest BCUT2D eigenvalue weighted by atomic mass is 10.1. The zero-order chi connectivity index (χ0) is 22.9. The second-order valence-corrected chi connectivity index (χ2v) is 8.59. The Hall–Kier alpha value is -3.19. The lowest BCUT2D eigenvalue weighted by Crippen LogP contribution is -2.26. The summed E-state index contributed by atoms with van der Waals surface area (Å²) in [6.45, 7) is 5.99.